The first-order chi connectivity index (χ1) is 12.9. The third kappa shape index (κ3) is 8.20. The normalized spacial score (nSPS) is 13.9. The van der Waals surface area contributed by atoms with E-state index in [2.05, 4.69) is 0 Å². The van der Waals surface area contributed by atoms with Crippen LogP contribution in [-0.2, 0) is 9.13 Å². The number of hydrogen-bond acceptors (Lipinski definition) is 2. The molecule has 170 valence electrons. The summed E-state index contributed by atoms with van der Waals surface area (Å²) in [4.78, 5) is 40.5. The molecule has 0 fully saturated rings. The van der Waals surface area contributed by atoms with Crippen molar-refractivity contribution in [1.82, 2.24) is 0 Å². The van der Waals surface area contributed by atoms with Crippen LogP contribution in [0.25, 0.3) is 0 Å². The van der Waals surface area contributed by atoms with Crippen LogP contribution in [0.15, 0.2) is 0 Å². The Hall–Kier alpha value is 0.300. The third-order valence-electron chi connectivity index (χ3n) is 6.33. The molecule has 0 unspecified atom stereocenters. The maximum Gasteiger partial charge on any atom is 0.332 e. The molecule has 0 aromatic heterocycles. The van der Waals surface area contributed by atoms with E-state index in [0.717, 1.165) is 38.5 Å². The van der Waals surface area contributed by atoms with Crippen LogP contribution in [0.5, 0.6) is 0 Å². The van der Waals surface area contributed by atoms with Crippen LogP contribution >= 0.6 is 15.2 Å². The average molecular weight is 443 g/mol. The first-order valence-corrected chi connectivity index (χ1v) is 14.5. The molecule has 0 radical (unpaired) electrons. The topological polar surface area (TPSA) is 115 Å². The average Bonchev–Trinajstić information content (AvgIpc) is 2.60. The SMILES string of the molecule is CCCCC(CCCC)(CCP(=O)(O)O)C(CCCC)(CCCC)P(=O)(O)O. The summed E-state index contributed by atoms with van der Waals surface area (Å²) in [5.41, 5.74) is -0.747. The summed E-state index contributed by atoms with van der Waals surface area (Å²) < 4.78 is 24.8. The first kappa shape index (κ1) is 28.3. The summed E-state index contributed by atoms with van der Waals surface area (Å²) in [5.74, 6) is 0. The van der Waals surface area contributed by atoms with E-state index in [1.54, 1.807) is 0 Å². The second kappa shape index (κ2) is 12.9. The molecular weight excluding hydrogens is 398 g/mol. The zero-order valence-electron chi connectivity index (χ0n) is 18.4. The third-order valence-corrected chi connectivity index (χ3v) is 9.17. The summed E-state index contributed by atoms with van der Waals surface area (Å²) in [6.45, 7) is 8.12. The van der Waals surface area contributed by atoms with E-state index < -0.39 is 25.8 Å². The molecule has 28 heavy (non-hydrogen) atoms. The molecule has 4 N–H and O–H groups in total. The highest BCUT2D eigenvalue weighted by Gasteiger charge is 2.59. The minimum Gasteiger partial charge on any atom is -0.324 e. The van der Waals surface area contributed by atoms with Gasteiger partial charge in [-0.1, -0.05) is 79.1 Å². The number of rotatable bonds is 17. The van der Waals surface area contributed by atoms with Crippen molar-refractivity contribution in [3.8, 4) is 0 Å². The standard InChI is InChI=1S/C20H44O6P2/c1-5-9-13-19(14-10-6-2,17-18-27(21,22)23)20(15-11-7-3,16-12-8-4)28(24,25)26/h5-18H2,1-4H3,(H2,21,22,23)(H2,24,25,26). The Balaban J connectivity index is 6.52. The van der Waals surface area contributed by atoms with Crippen LogP contribution in [-0.4, -0.2) is 30.9 Å². The molecule has 0 saturated carbocycles. The Bertz CT molecular complexity index is 495. The highest BCUT2D eigenvalue weighted by atomic mass is 31.2. The molecule has 8 heteroatoms. The van der Waals surface area contributed by atoms with Gasteiger partial charge in [-0.05, 0) is 37.5 Å². The summed E-state index contributed by atoms with van der Waals surface area (Å²) in [5, 5.41) is -1.20. The summed E-state index contributed by atoms with van der Waals surface area (Å²) in [6.07, 6.45) is 8.44. The van der Waals surface area contributed by atoms with E-state index >= 15 is 0 Å². The Kier molecular flexibility index (Phi) is 13.0. The zero-order chi connectivity index (χ0) is 21.9. The first-order valence-electron chi connectivity index (χ1n) is 11.1. The van der Waals surface area contributed by atoms with Crippen LogP contribution in [0.3, 0.4) is 0 Å². The van der Waals surface area contributed by atoms with Crippen molar-refractivity contribution in [2.75, 3.05) is 6.16 Å². The Morgan fingerprint density at radius 3 is 1.25 bits per heavy atom. The quantitative estimate of drug-likeness (QED) is 0.199. The van der Waals surface area contributed by atoms with E-state index in [-0.39, 0.29) is 12.6 Å². The number of hydrogen-bond donors (Lipinski definition) is 4. The molecule has 0 aliphatic heterocycles. The fourth-order valence-corrected chi connectivity index (χ4v) is 7.23. The minimum absolute atomic E-state index is 0.176. The van der Waals surface area contributed by atoms with Crippen molar-refractivity contribution in [2.45, 2.75) is 116 Å². The number of unbranched alkanes of at least 4 members (excludes halogenated alkanes) is 4. The molecule has 0 heterocycles. The lowest BCUT2D eigenvalue weighted by Gasteiger charge is -2.52. The van der Waals surface area contributed by atoms with E-state index in [4.69, 9.17) is 0 Å². The highest BCUT2D eigenvalue weighted by Crippen LogP contribution is 2.68. The van der Waals surface area contributed by atoms with Crippen molar-refractivity contribution >= 4 is 15.2 Å². The van der Waals surface area contributed by atoms with Gasteiger partial charge in [0.05, 0.1) is 11.3 Å². The lowest BCUT2D eigenvalue weighted by molar-refractivity contribution is 0.0912. The lowest BCUT2D eigenvalue weighted by atomic mass is 9.63. The molecule has 0 aromatic rings. The molecule has 0 aliphatic carbocycles. The maximum atomic E-state index is 13.1. The molecule has 0 saturated heterocycles. The molecule has 0 aliphatic rings. The molecule has 0 aromatic carbocycles. The second-order valence-corrected chi connectivity index (χ2v) is 12.1. The zero-order valence-corrected chi connectivity index (χ0v) is 20.2. The molecule has 6 nitrogen and oxygen atoms in total. The van der Waals surface area contributed by atoms with E-state index in [1.165, 1.54) is 0 Å². The lowest BCUT2D eigenvalue weighted by Crippen LogP contribution is -2.49. The smallest absolute Gasteiger partial charge is 0.324 e. The van der Waals surface area contributed by atoms with E-state index in [0.29, 0.717) is 38.5 Å². The van der Waals surface area contributed by atoms with Crippen molar-refractivity contribution in [1.29, 1.82) is 0 Å². The minimum atomic E-state index is -4.50. The largest absolute Gasteiger partial charge is 0.332 e. The summed E-state index contributed by atoms with van der Waals surface area (Å²) in [6, 6.07) is 0. The van der Waals surface area contributed by atoms with Crippen LogP contribution in [0.4, 0.5) is 0 Å². The van der Waals surface area contributed by atoms with Crippen LogP contribution in [0.2, 0.25) is 0 Å². The fraction of sp³-hybridized carbons (Fsp3) is 1.00. The Morgan fingerprint density at radius 1 is 0.607 bits per heavy atom. The molecule has 0 rings (SSSR count). The Morgan fingerprint density at radius 2 is 0.964 bits per heavy atom. The summed E-state index contributed by atoms with van der Waals surface area (Å²) >= 11 is 0. The van der Waals surface area contributed by atoms with Gasteiger partial charge in [-0.25, -0.2) is 0 Å². The van der Waals surface area contributed by atoms with Crippen molar-refractivity contribution < 1.29 is 28.7 Å². The fourth-order valence-electron chi connectivity index (χ4n) is 4.66. The highest BCUT2D eigenvalue weighted by molar-refractivity contribution is 7.53. The van der Waals surface area contributed by atoms with Crippen molar-refractivity contribution in [3.05, 3.63) is 0 Å². The van der Waals surface area contributed by atoms with Gasteiger partial charge in [0, 0.05) is 0 Å². The van der Waals surface area contributed by atoms with Gasteiger partial charge in [0.15, 0.2) is 0 Å². The van der Waals surface area contributed by atoms with Crippen molar-refractivity contribution in [2.24, 2.45) is 5.41 Å². The van der Waals surface area contributed by atoms with Gasteiger partial charge in [0.1, 0.15) is 0 Å². The van der Waals surface area contributed by atoms with Crippen molar-refractivity contribution in [3.63, 3.8) is 0 Å². The van der Waals surface area contributed by atoms with Gasteiger partial charge >= 0.3 is 15.2 Å². The predicted octanol–water partition coefficient (Wildman–Crippen LogP) is 6.22. The van der Waals surface area contributed by atoms with Crippen LogP contribution in [0.1, 0.15) is 111 Å². The molecule has 0 spiro atoms. The van der Waals surface area contributed by atoms with Gasteiger partial charge in [0.25, 0.3) is 0 Å². The second-order valence-electron chi connectivity index (χ2n) is 8.41. The maximum absolute atomic E-state index is 13.1. The van der Waals surface area contributed by atoms with Gasteiger partial charge in [-0.3, -0.25) is 9.13 Å². The van der Waals surface area contributed by atoms with Gasteiger partial charge < -0.3 is 19.6 Å². The Labute approximate surface area is 172 Å². The molecule has 0 atom stereocenters. The molecule has 0 bridgehead atoms. The monoisotopic (exact) mass is 442 g/mol. The molecule has 0 amide bonds. The van der Waals surface area contributed by atoms with Gasteiger partial charge in [0.2, 0.25) is 0 Å². The van der Waals surface area contributed by atoms with Gasteiger partial charge in [-0.15, -0.1) is 0 Å². The van der Waals surface area contributed by atoms with Crippen LogP contribution in [0, 0.1) is 5.41 Å². The summed E-state index contributed by atoms with van der Waals surface area (Å²) in [7, 11) is -8.76. The predicted molar refractivity (Wildman–Crippen MR) is 117 cm³/mol. The van der Waals surface area contributed by atoms with Gasteiger partial charge in [-0.2, -0.15) is 0 Å². The van der Waals surface area contributed by atoms with Crippen LogP contribution < -0.4 is 0 Å². The van der Waals surface area contributed by atoms with E-state index in [1.807, 2.05) is 27.7 Å². The molecular formula is C20H44O6P2. The van der Waals surface area contributed by atoms with E-state index in [9.17, 15) is 28.7 Å².